The molecule has 2 aromatic carbocycles. The van der Waals surface area contributed by atoms with Crippen molar-refractivity contribution in [2.45, 2.75) is 11.1 Å². The van der Waals surface area contributed by atoms with Gasteiger partial charge in [0.15, 0.2) is 0 Å². The van der Waals surface area contributed by atoms with Crippen LogP contribution in [0.1, 0.15) is 21.6 Å². The van der Waals surface area contributed by atoms with Crippen LogP contribution in [0, 0.1) is 0 Å². The van der Waals surface area contributed by atoms with Crippen molar-refractivity contribution in [2.75, 3.05) is 33.2 Å². The summed E-state index contributed by atoms with van der Waals surface area (Å²) in [7, 11) is -2.61. The minimum Gasteiger partial charge on any atom is -0.335 e. The molecule has 33 heavy (non-hydrogen) atoms. The number of halogens is 3. The molecular formula is C22H20F3N3O3S2. The topological polar surface area (TPSA) is 62.6 Å². The standard InChI is InChI=1S/C22H20F3N3O3S2/c1-26-7-9-27(10-8-26)21(29)20-12-16-11-15(14-32)5-6-19(16)28(20)33(30,31)18-4-2-3-17(13-18)22(23,24)25/h2-6,11-14H,7-10H2,1H3. The fourth-order valence-corrected chi connectivity index (χ4v) is 5.50. The second-order valence-electron chi connectivity index (χ2n) is 7.86. The van der Waals surface area contributed by atoms with Gasteiger partial charge >= 0.3 is 6.18 Å². The Morgan fingerprint density at radius 1 is 1.03 bits per heavy atom. The van der Waals surface area contributed by atoms with E-state index < -0.39 is 32.6 Å². The number of hydrogen-bond acceptors (Lipinski definition) is 5. The molecule has 0 radical (unpaired) electrons. The van der Waals surface area contributed by atoms with Crippen molar-refractivity contribution in [3.05, 3.63) is 65.4 Å². The lowest BCUT2D eigenvalue weighted by molar-refractivity contribution is -0.137. The molecule has 1 saturated heterocycles. The first-order valence-corrected chi connectivity index (χ1v) is 11.9. The Morgan fingerprint density at radius 2 is 1.73 bits per heavy atom. The normalized spacial score (nSPS) is 15.7. The van der Waals surface area contributed by atoms with Crippen LogP contribution < -0.4 is 0 Å². The Morgan fingerprint density at radius 3 is 2.36 bits per heavy atom. The van der Waals surface area contributed by atoms with Crippen LogP contribution in [0.15, 0.2) is 53.4 Å². The lowest BCUT2D eigenvalue weighted by Gasteiger charge is -2.32. The third-order valence-corrected chi connectivity index (χ3v) is 7.62. The van der Waals surface area contributed by atoms with Gasteiger partial charge in [0.25, 0.3) is 15.9 Å². The molecule has 0 atom stereocenters. The van der Waals surface area contributed by atoms with Crippen molar-refractivity contribution in [2.24, 2.45) is 0 Å². The van der Waals surface area contributed by atoms with Crippen LogP contribution in [0.3, 0.4) is 0 Å². The monoisotopic (exact) mass is 495 g/mol. The number of carbonyl (C=O) groups excluding carboxylic acids is 1. The predicted octanol–water partition coefficient (Wildman–Crippen LogP) is 3.63. The fourth-order valence-electron chi connectivity index (χ4n) is 3.80. The Hall–Kier alpha value is -2.76. The van der Waals surface area contributed by atoms with Crippen LogP contribution in [-0.2, 0) is 16.2 Å². The van der Waals surface area contributed by atoms with Gasteiger partial charge < -0.3 is 9.80 Å². The van der Waals surface area contributed by atoms with Crippen LogP contribution in [-0.4, -0.2) is 66.7 Å². The van der Waals surface area contributed by atoms with Gasteiger partial charge in [0, 0.05) is 36.9 Å². The van der Waals surface area contributed by atoms with Crippen molar-refractivity contribution in [1.82, 2.24) is 13.8 Å². The van der Waals surface area contributed by atoms with E-state index in [9.17, 15) is 26.4 Å². The fraction of sp³-hybridized carbons (Fsp3) is 0.273. The average Bonchev–Trinajstić information content (AvgIpc) is 3.18. The Balaban J connectivity index is 1.91. The second kappa shape index (κ2) is 8.54. The van der Waals surface area contributed by atoms with E-state index in [0.29, 0.717) is 43.2 Å². The third kappa shape index (κ3) is 4.40. The molecule has 174 valence electrons. The Kier molecular flexibility index (Phi) is 6.06. The average molecular weight is 496 g/mol. The summed E-state index contributed by atoms with van der Waals surface area (Å²) in [6, 6.07) is 9.69. The highest BCUT2D eigenvalue weighted by Gasteiger charge is 2.34. The number of rotatable bonds is 4. The third-order valence-electron chi connectivity index (χ3n) is 5.63. The van der Waals surface area contributed by atoms with Gasteiger partial charge in [-0.3, -0.25) is 4.79 Å². The first-order chi connectivity index (χ1) is 15.5. The van der Waals surface area contributed by atoms with Crippen LogP contribution in [0.2, 0.25) is 0 Å². The summed E-state index contributed by atoms with van der Waals surface area (Å²) in [5.41, 5.74) is -0.390. The Labute approximate surface area is 194 Å². The molecule has 11 heteroatoms. The maximum absolute atomic E-state index is 13.6. The molecular weight excluding hydrogens is 475 g/mol. The second-order valence-corrected chi connectivity index (χ2v) is 9.88. The van der Waals surface area contributed by atoms with E-state index in [1.807, 2.05) is 11.9 Å². The highest BCUT2D eigenvalue weighted by molar-refractivity contribution is 7.90. The summed E-state index contributed by atoms with van der Waals surface area (Å²) in [6.07, 6.45) is -4.71. The molecule has 2 heterocycles. The lowest BCUT2D eigenvalue weighted by Crippen LogP contribution is -2.47. The van der Waals surface area contributed by atoms with Crippen molar-refractivity contribution < 1.29 is 26.4 Å². The minimum atomic E-state index is -4.71. The maximum atomic E-state index is 13.6. The summed E-state index contributed by atoms with van der Waals surface area (Å²) in [6.45, 7) is 2.07. The highest BCUT2D eigenvalue weighted by Crippen LogP contribution is 2.33. The Bertz CT molecular complexity index is 1340. The summed E-state index contributed by atoms with van der Waals surface area (Å²) >= 11 is 4.95. The summed E-state index contributed by atoms with van der Waals surface area (Å²) in [4.78, 5) is 16.4. The molecule has 1 aliphatic rings. The molecule has 1 fully saturated rings. The number of thiocarbonyl (C=S) groups is 1. The summed E-state index contributed by atoms with van der Waals surface area (Å²) in [5.74, 6) is -0.501. The van der Waals surface area contributed by atoms with E-state index >= 15 is 0 Å². The molecule has 0 aliphatic carbocycles. The van der Waals surface area contributed by atoms with Crippen LogP contribution in [0.25, 0.3) is 10.9 Å². The molecule has 1 amide bonds. The molecule has 1 aliphatic heterocycles. The van der Waals surface area contributed by atoms with E-state index in [0.717, 1.165) is 22.2 Å². The van der Waals surface area contributed by atoms with Crippen molar-refractivity contribution in [3.8, 4) is 0 Å². The van der Waals surface area contributed by atoms with Crippen molar-refractivity contribution in [3.63, 3.8) is 0 Å². The summed E-state index contributed by atoms with van der Waals surface area (Å²) in [5, 5.41) is 1.86. The molecule has 6 nitrogen and oxygen atoms in total. The zero-order chi connectivity index (χ0) is 24.0. The number of piperazine rings is 1. The van der Waals surface area contributed by atoms with E-state index in [1.165, 1.54) is 17.5 Å². The predicted molar refractivity (Wildman–Crippen MR) is 122 cm³/mol. The first-order valence-electron chi connectivity index (χ1n) is 10.0. The molecule has 0 bridgehead atoms. The number of likely N-dealkylation sites (N-methyl/N-ethyl adjacent to an activating group) is 1. The molecule has 0 unspecified atom stereocenters. The lowest BCUT2D eigenvalue weighted by atomic mass is 10.2. The number of fused-ring (bicyclic) bond motifs is 1. The van der Waals surface area contributed by atoms with Gasteiger partial charge in [-0.25, -0.2) is 12.4 Å². The number of nitrogens with zero attached hydrogens (tertiary/aromatic N) is 3. The van der Waals surface area contributed by atoms with Crippen LogP contribution in [0.4, 0.5) is 13.2 Å². The molecule has 4 rings (SSSR count). The first kappa shape index (κ1) is 23.4. The zero-order valence-corrected chi connectivity index (χ0v) is 19.2. The van der Waals surface area contributed by atoms with Gasteiger partial charge in [0.2, 0.25) is 0 Å². The quantitative estimate of drug-likeness (QED) is 0.518. The van der Waals surface area contributed by atoms with Crippen molar-refractivity contribution in [1.29, 1.82) is 0 Å². The van der Waals surface area contributed by atoms with Crippen LogP contribution in [0.5, 0.6) is 0 Å². The largest absolute Gasteiger partial charge is 0.416 e. The van der Waals surface area contributed by atoms with Gasteiger partial charge in [-0.1, -0.05) is 24.4 Å². The summed E-state index contributed by atoms with van der Waals surface area (Å²) < 4.78 is 67.7. The number of aromatic nitrogens is 1. The highest BCUT2D eigenvalue weighted by atomic mass is 32.2. The van der Waals surface area contributed by atoms with E-state index in [2.05, 4.69) is 0 Å². The van der Waals surface area contributed by atoms with Gasteiger partial charge in [0.05, 0.1) is 16.0 Å². The number of hydrogen-bond donors (Lipinski definition) is 0. The molecule has 3 aromatic rings. The smallest absolute Gasteiger partial charge is 0.335 e. The molecule has 0 saturated carbocycles. The van der Waals surface area contributed by atoms with Crippen molar-refractivity contribution >= 4 is 44.4 Å². The van der Waals surface area contributed by atoms with Gasteiger partial charge in [0.1, 0.15) is 5.69 Å². The van der Waals surface area contributed by atoms with E-state index in [1.54, 1.807) is 17.0 Å². The zero-order valence-electron chi connectivity index (χ0n) is 17.5. The molecule has 0 spiro atoms. The molecule has 1 aromatic heterocycles. The maximum Gasteiger partial charge on any atom is 0.416 e. The van der Waals surface area contributed by atoms with E-state index in [-0.39, 0.29) is 11.2 Å². The number of carbonyl (C=O) groups is 1. The SMILES string of the molecule is CN1CCN(C(=O)c2cc3cc(C=S)ccc3n2S(=O)(=O)c2cccc(C(F)(F)F)c2)CC1. The van der Waals surface area contributed by atoms with Gasteiger partial charge in [-0.2, -0.15) is 13.2 Å². The minimum absolute atomic E-state index is 0.131. The van der Waals surface area contributed by atoms with E-state index in [4.69, 9.17) is 12.2 Å². The number of benzene rings is 2. The van der Waals surface area contributed by atoms with Gasteiger partial charge in [-0.05, 0) is 49.0 Å². The van der Waals surface area contributed by atoms with Gasteiger partial charge in [-0.15, -0.1) is 0 Å². The molecule has 0 N–H and O–H groups in total. The number of alkyl halides is 3. The number of amides is 1. The van der Waals surface area contributed by atoms with Crippen LogP contribution >= 0.6 is 12.2 Å².